The van der Waals surface area contributed by atoms with Crippen molar-refractivity contribution in [3.05, 3.63) is 73.9 Å². The van der Waals surface area contributed by atoms with Crippen molar-refractivity contribution in [2.45, 2.75) is 43.8 Å². The quantitative estimate of drug-likeness (QED) is 0.260. The van der Waals surface area contributed by atoms with Gasteiger partial charge in [-0.25, -0.2) is 9.78 Å². The molecule has 0 aliphatic heterocycles. The number of nitrogens with one attached hydrogen (secondary N) is 1. The largest absolute Gasteiger partial charge is 0.330 e. The summed E-state index contributed by atoms with van der Waals surface area (Å²) >= 11 is 1.39. The van der Waals surface area contributed by atoms with E-state index in [-0.39, 0.29) is 5.56 Å². The lowest BCUT2D eigenvalue weighted by molar-refractivity contribution is 0.613. The number of para-hydroxylation sites is 1. The van der Waals surface area contributed by atoms with Crippen molar-refractivity contribution in [2.24, 2.45) is 7.05 Å². The van der Waals surface area contributed by atoms with Gasteiger partial charge in [0.2, 0.25) is 5.78 Å². The fraction of sp³-hybridized carbons (Fsp3) is 0.304. The number of imidazole rings is 1. The Kier molecular flexibility index (Phi) is 5.89. The number of fused-ring (bicyclic) bond motifs is 4. The number of rotatable bonds is 8. The van der Waals surface area contributed by atoms with Gasteiger partial charge in [-0.15, -0.1) is 16.8 Å². The molecule has 0 saturated heterocycles. The monoisotopic (exact) mass is 492 g/mol. The Balaban J connectivity index is 1.60. The maximum absolute atomic E-state index is 13.0. The molecular formula is C23H24N8O3S. The first kappa shape index (κ1) is 22.8. The number of allylic oxidation sites excluding steroid dienone is 1. The Morgan fingerprint density at radius 3 is 2.71 bits per heavy atom. The van der Waals surface area contributed by atoms with Crippen LogP contribution in [0.5, 0.6) is 0 Å². The van der Waals surface area contributed by atoms with Gasteiger partial charge in [-0.3, -0.25) is 28.1 Å². The molecule has 4 aromatic heterocycles. The number of hydrogen-bond acceptors (Lipinski definition) is 7. The molecule has 5 aromatic rings. The van der Waals surface area contributed by atoms with E-state index in [1.807, 2.05) is 29.5 Å². The van der Waals surface area contributed by atoms with E-state index in [0.29, 0.717) is 57.7 Å². The third kappa shape index (κ3) is 3.70. The van der Waals surface area contributed by atoms with E-state index in [0.717, 1.165) is 12.8 Å². The van der Waals surface area contributed by atoms with Crippen LogP contribution in [0, 0.1) is 0 Å². The number of aromatic amines is 1. The molecule has 12 heteroatoms. The van der Waals surface area contributed by atoms with Gasteiger partial charge in [-0.2, -0.15) is 0 Å². The zero-order valence-electron chi connectivity index (χ0n) is 19.4. The van der Waals surface area contributed by atoms with Gasteiger partial charge in [-0.05, 0) is 18.6 Å². The summed E-state index contributed by atoms with van der Waals surface area (Å²) in [5.74, 6) is 1.42. The molecule has 0 fully saturated rings. The predicted octanol–water partition coefficient (Wildman–Crippen LogP) is 2.06. The Bertz CT molecular complexity index is 1770. The van der Waals surface area contributed by atoms with Gasteiger partial charge in [-0.1, -0.05) is 43.3 Å². The van der Waals surface area contributed by atoms with Gasteiger partial charge in [0.25, 0.3) is 11.1 Å². The van der Waals surface area contributed by atoms with Crippen LogP contribution in [-0.2, 0) is 25.9 Å². The highest BCUT2D eigenvalue weighted by atomic mass is 32.2. The summed E-state index contributed by atoms with van der Waals surface area (Å²) < 4.78 is 6.60. The molecule has 1 aromatic carbocycles. The molecule has 0 atom stereocenters. The maximum Gasteiger partial charge on any atom is 0.330 e. The van der Waals surface area contributed by atoms with E-state index in [1.165, 1.54) is 20.9 Å². The second-order valence-corrected chi connectivity index (χ2v) is 9.09. The van der Waals surface area contributed by atoms with Crippen molar-refractivity contribution in [1.82, 2.24) is 38.3 Å². The number of nitrogens with zero attached hydrogens (tertiary/aromatic N) is 7. The van der Waals surface area contributed by atoms with Gasteiger partial charge >= 0.3 is 5.69 Å². The number of aryl methyl sites for hydroxylation is 2. The highest BCUT2D eigenvalue weighted by Crippen LogP contribution is 2.25. The molecule has 0 spiro atoms. The number of aromatic nitrogens is 8. The minimum atomic E-state index is -0.462. The van der Waals surface area contributed by atoms with Gasteiger partial charge in [0, 0.05) is 20.1 Å². The van der Waals surface area contributed by atoms with Crippen molar-refractivity contribution >= 4 is 39.6 Å². The maximum atomic E-state index is 13.0. The summed E-state index contributed by atoms with van der Waals surface area (Å²) in [6, 6.07) is 7.32. The van der Waals surface area contributed by atoms with Crippen molar-refractivity contribution in [1.29, 1.82) is 0 Å². The first-order valence-electron chi connectivity index (χ1n) is 11.2. The summed E-state index contributed by atoms with van der Waals surface area (Å²) in [5, 5.41) is 9.75. The second-order valence-electron chi connectivity index (χ2n) is 8.15. The molecule has 5 rings (SSSR count). The molecule has 11 nitrogen and oxygen atoms in total. The van der Waals surface area contributed by atoms with E-state index >= 15 is 0 Å². The molecule has 180 valence electrons. The van der Waals surface area contributed by atoms with E-state index in [1.54, 1.807) is 23.8 Å². The molecular weight excluding hydrogens is 468 g/mol. The first-order valence-corrected chi connectivity index (χ1v) is 12.2. The number of benzene rings is 1. The molecule has 35 heavy (non-hydrogen) atoms. The van der Waals surface area contributed by atoms with Gasteiger partial charge in [0.05, 0.1) is 16.7 Å². The first-order chi connectivity index (χ1) is 17.0. The molecule has 0 unspecified atom stereocenters. The number of hydrogen-bond donors (Lipinski definition) is 1. The summed E-state index contributed by atoms with van der Waals surface area (Å²) in [4.78, 5) is 45.0. The summed E-state index contributed by atoms with van der Waals surface area (Å²) in [5.41, 5.74) is 0.362. The summed E-state index contributed by atoms with van der Waals surface area (Å²) in [6.45, 7) is 6.57. The summed E-state index contributed by atoms with van der Waals surface area (Å²) in [6.07, 6.45) is 3.35. The van der Waals surface area contributed by atoms with Gasteiger partial charge in [0.15, 0.2) is 16.3 Å². The van der Waals surface area contributed by atoms with Crippen LogP contribution in [0.25, 0.3) is 27.8 Å². The lowest BCUT2D eigenvalue weighted by atomic mass is 10.2. The molecule has 0 aliphatic rings. The average molecular weight is 493 g/mol. The van der Waals surface area contributed by atoms with Crippen molar-refractivity contribution in [2.75, 3.05) is 0 Å². The highest BCUT2D eigenvalue weighted by Gasteiger charge is 2.19. The van der Waals surface area contributed by atoms with E-state index in [2.05, 4.69) is 26.7 Å². The summed E-state index contributed by atoms with van der Waals surface area (Å²) in [7, 11) is 1.76. The third-order valence-electron chi connectivity index (χ3n) is 5.96. The lowest BCUT2D eigenvalue weighted by Gasteiger charge is -2.09. The van der Waals surface area contributed by atoms with Crippen LogP contribution in [-0.4, -0.2) is 38.3 Å². The SMILES string of the molecule is C=CCn1c(=O)c2ccccc2n2c(SCc3nc4c(c(=O)[nH]c(=O)n4CCCC)n3C)nnc12. The zero-order chi connectivity index (χ0) is 24.7. The normalized spacial score (nSPS) is 11.7. The molecule has 4 heterocycles. The van der Waals surface area contributed by atoms with Gasteiger partial charge in [0.1, 0.15) is 5.82 Å². The smallest absolute Gasteiger partial charge is 0.325 e. The Morgan fingerprint density at radius 2 is 1.94 bits per heavy atom. The number of H-pyrrole nitrogens is 1. The third-order valence-corrected chi connectivity index (χ3v) is 6.89. The molecule has 0 aliphatic carbocycles. The molecule has 0 bridgehead atoms. The predicted molar refractivity (Wildman–Crippen MR) is 135 cm³/mol. The van der Waals surface area contributed by atoms with Crippen LogP contribution in [0.2, 0.25) is 0 Å². The fourth-order valence-corrected chi connectivity index (χ4v) is 5.12. The average Bonchev–Trinajstić information content (AvgIpc) is 3.41. The Hall–Kier alpha value is -3.93. The Labute approximate surface area is 202 Å². The van der Waals surface area contributed by atoms with Gasteiger partial charge < -0.3 is 4.57 Å². The fourth-order valence-electron chi connectivity index (χ4n) is 4.19. The second kappa shape index (κ2) is 9.02. The van der Waals surface area contributed by atoms with Crippen LogP contribution in [0.3, 0.4) is 0 Å². The Morgan fingerprint density at radius 1 is 1.14 bits per heavy atom. The van der Waals surface area contributed by atoms with Crippen molar-refractivity contribution in [3.63, 3.8) is 0 Å². The minimum Gasteiger partial charge on any atom is -0.325 e. The van der Waals surface area contributed by atoms with Crippen molar-refractivity contribution in [3.8, 4) is 0 Å². The van der Waals surface area contributed by atoms with Crippen LogP contribution < -0.4 is 16.8 Å². The topological polar surface area (TPSA) is 125 Å². The van der Waals surface area contributed by atoms with Crippen LogP contribution in [0.15, 0.2) is 56.5 Å². The van der Waals surface area contributed by atoms with E-state index < -0.39 is 11.2 Å². The number of unbranched alkanes of at least 4 members (excludes halogenated alkanes) is 1. The molecule has 0 amide bonds. The van der Waals surface area contributed by atoms with Crippen LogP contribution >= 0.6 is 11.8 Å². The standard InChI is InChI=1S/C23H24N8O3S/c1-4-6-12-29-18-17(19(32)25-22(29)34)28(3)16(24-18)13-35-23-27-26-21-30(11-5-2)20(33)14-9-7-8-10-15(14)31(21)23/h5,7-10H,2,4,6,11-13H2,1,3H3,(H,25,32,34). The number of thioether (sulfide) groups is 1. The van der Waals surface area contributed by atoms with Crippen LogP contribution in [0.4, 0.5) is 0 Å². The zero-order valence-corrected chi connectivity index (χ0v) is 20.2. The highest BCUT2D eigenvalue weighted by molar-refractivity contribution is 7.98. The van der Waals surface area contributed by atoms with Crippen molar-refractivity contribution < 1.29 is 0 Å². The van der Waals surface area contributed by atoms with E-state index in [4.69, 9.17) is 0 Å². The molecule has 0 radical (unpaired) electrons. The lowest BCUT2D eigenvalue weighted by Crippen LogP contribution is -2.31. The van der Waals surface area contributed by atoms with E-state index in [9.17, 15) is 14.4 Å². The molecule has 0 saturated carbocycles. The molecule has 1 N–H and O–H groups in total. The van der Waals surface area contributed by atoms with Crippen LogP contribution in [0.1, 0.15) is 25.6 Å². The minimum absolute atomic E-state index is 0.156.